The number of amides is 1. The summed E-state index contributed by atoms with van der Waals surface area (Å²) in [4.78, 5) is 14.5. The van der Waals surface area contributed by atoms with Gasteiger partial charge < -0.3 is 10.6 Å². The van der Waals surface area contributed by atoms with Gasteiger partial charge in [0.1, 0.15) is 0 Å². The maximum Gasteiger partial charge on any atom is 0.254 e. The van der Waals surface area contributed by atoms with Crippen LogP contribution in [0.15, 0.2) is 18.2 Å². The third-order valence-electron chi connectivity index (χ3n) is 3.38. The number of carbonyl (C=O) groups is 1. The van der Waals surface area contributed by atoms with Crippen molar-refractivity contribution in [1.29, 1.82) is 0 Å². The molecule has 1 atom stereocenters. The SMILES string of the molecule is CCC(C)N(CC)C(=O)c1cc(C)cc(C#CCN)c1. The first-order chi connectivity index (χ1) is 9.53. The van der Waals surface area contributed by atoms with Crippen molar-refractivity contribution in [2.75, 3.05) is 13.1 Å². The van der Waals surface area contributed by atoms with E-state index >= 15 is 0 Å². The average molecular weight is 272 g/mol. The lowest BCUT2D eigenvalue weighted by Crippen LogP contribution is -2.38. The lowest BCUT2D eigenvalue weighted by molar-refractivity contribution is 0.0700. The molecule has 0 heterocycles. The number of carbonyl (C=O) groups excluding carboxylic acids is 1. The summed E-state index contributed by atoms with van der Waals surface area (Å²) in [5.41, 5.74) is 7.98. The molecule has 20 heavy (non-hydrogen) atoms. The zero-order valence-electron chi connectivity index (χ0n) is 12.9. The molecule has 108 valence electrons. The van der Waals surface area contributed by atoms with E-state index in [1.807, 2.05) is 36.9 Å². The van der Waals surface area contributed by atoms with Crippen molar-refractivity contribution in [1.82, 2.24) is 4.90 Å². The minimum Gasteiger partial charge on any atom is -0.336 e. The first-order valence-electron chi connectivity index (χ1n) is 7.15. The Morgan fingerprint density at radius 2 is 2.05 bits per heavy atom. The highest BCUT2D eigenvalue weighted by Crippen LogP contribution is 2.14. The van der Waals surface area contributed by atoms with Gasteiger partial charge in [0.15, 0.2) is 0 Å². The van der Waals surface area contributed by atoms with E-state index in [-0.39, 0.29) is 11.9 Å². The molecule has 0 aliphatic carbocycles. The van der Waals surface area contributed by atoms with Crippen LogP contribution in [0.4, 0.5) is 0 Å². The smallest absolute Gasteiger partial charge is 0.254 e. The predicted molar refractivity (Wildman–Crippen MR) is 83.6 cm³/mol. The first kappa shape index (κ1) is 16.3. The van der Waals surface area contributed by atoms with Crippen LogP contribution in [-0.4, -0.2) is 29.9 Å². The van der Waals surface area contributed by atoms with Crippen LogP contribution in [-0.2, 0) is 0 Å². The molecule has 0 aromatic heterocycles. The van der Waals surface area contributed by atoms with E-state index in [2.05, 4.69) is 25.7 Å². The van der Waals surface area contributed by atoms with Gasteiger partial charge in [0.25, 0.3) is 5.91 Å². The second-order valence-corrected chi connectivity index (χ2v) is 4.94. The maximum atomic E-state index is 12.6. The summed E-state index contributed by atoms with van der Waals surface area (Å²) >= 11 is 0. The van der Waals surface area contributed by atoms with E-state index in [0.29, 0.717) is 18.7 Å². The molecule has 2 N–H and O–H groups in total. The molecular weight excluding hydrogens is 248 g/mol. The van der Waals surface area contributed by atoms with Gasteiger partial charge in [0, 0.05) is 23.7 Å². The predicted octanol–water partition coefficient (Wildman–Crippen LogP) is 2.57. The van der Waals surface area contributed by atoms with E-state index in [4.69, 9.17) is 5.73 Å². The number of rotatable bonds is 4. The molecule has 1 aromatic rings. The Morgan fingerprint density at radius 3 is 2.60 bits per heavy atom. The molecule has 1 unspecified atom stereocenters. The van der Waals surface area contributed by atoms with E-state index in [1.54, 1.807) is 0 Å². The molecule has 0 bridgehead atoms. The molecule has 0 aliphatic heterocycles. The number of benzene rings is 1. The standard InChI is InChI=1S/C17H24N2O/c1-5-14(4)19(6-2)17(20)16-11-13(3)10-15(12-16)8-7-9-18/h10-12,14H,5-6,9,18H2,1-4H3. The summed E-state index contributed by atoms with van der Waals surface area (Å²) in [6, 6.07) is 5.98. The van der Waals surface area contributed by atoms with Crippen molar-refractivity contribution < 1.29 is 4.79 Å². The van der Waals surface area contributed by atoms with E-state index in [1.165, 1.54) is 0 Å². The molecule has 3 heteroatoms. The van der Waals surface area contributed by atoms with E-state index in [9.17, 15) is 4.79 Å². The lowest BCUT2D eigenvalue weighted by Gasteiger charge is -2.27. The van der Waals surface area contributed by atoms with Crippen molar-refractivity contribution in [3.63, 3.8) is 0 Å². The van der Waals surface area contributed by atoms with Crippen LogP contribution >= 0.6 is 0 Å². The van der Waals surface area contributed by atoms with Crippen LogP contribution in [0.3, 0.4) is 0 Å². The van der Waals surface area contributed by atoms with Crippen molar-refractivity contribution in [2.45, 2.75) is 40.2 Å². The Bertz CT molecular complexity index is 526. The topological polar surface area (TPSA) is 46.3 Å². The molecule has 0 radical (unpaired) electrons. The van der Waals surface area contributed by atoms with Gasteiger partial charge in [-0.15, -0.1) is 0 Å². The second kappa shape index (κ2) is 7.72. The normalized spacial score (nSPS) is 11.4. The lowest BCUT2D eigenvalue weighted by atomic mass is 10.0. The van der Waals surface area contributed by atoms with Crippen molar-refractivity contribution in [3.05, 3.63) is 34.9 Å². The zero-order valence-corrected chi connectivity index (χ0v) is 12.9. The molecular formula is C17H24N2O. The highest BCUT2D eigenvalue weighted by atomic mass is 16.2. The van der Waals surface area contributed by atoms with Crippen LogP contribution in [0, 0.1) is 18.8 Å². The van der Waals surface area contributed by atoms with Crippen LogP contribution in [0.1, 0.15) is 48.7 Å². The van der Waals surface area contributed by atoms with Crippen LogP contribution in [0.25, 0.3) is 0 Å². The Kier molecular flexibility index (Phi) is 6.27. The first-order valence-corrected chi connectivity index (χ1v) is 7.15. The highest BCUT2D eigenvalue weighted by Gasteiger charge is 2.19. The number of hydrogen-bond donors (Lipinski definition) is 1. The fourth-order valence-corrected chi connectivity index (χ4v) is 2.17. The van der Waals surface area contributed by atoms with Gasteiger partial charge in [-0.2, -0.15) is 0 Å². The fraction of sp³-hybridized carbons (Fsp3) is 0.471. The third kappa shape index (κ3) is 4.11. The van der Waals surface area contributed by atoms with Crippen molar-refractivity contribution >= 4 is 5.91 Å². The average Bonchev–Trinajstić information content (AvgIpc) is 2.44. The third-order valence-corrected chi connectivity index (χ3v) is 3.38. The number of hydrogen-bond acceptors (Lipinski definition) is 2. The Labute approximate surface area is 122 Å². The Hall–Kier alpha value is -1.79. The molecule has 0 saturated heterocycles. The van der Waals surface area contributed by atoms with Gasteiger partial charge in [0.2, 0.25) is 0 Å². The largest absolute Gasteiger partial charge is 0.336 e. The van der Waals surface area contributed by atoms with Gasteiger partial charge in [-0.1, -0.05) is 18.8 Å². The minimum atomic E-state index is 0.0707. The summed E-state index contributed by atoms with van der Waals surface area (Å²) in [5.74, 6) is 5.89. The van der Waals surface area contributed by atoms with E-state index in [0.717, 1.165) is 17.5 Å². The number of nitrogens with two attached hydrogens (primary N) is 1. The summed E-state index contributed by atoms with van der Waals surface area (Å²) in [5, 5.41) is 0. The molecule has 1 rings (SSSR count). The number of nitrogens with zero attached hydrogens (tertiary/aromatic N) is 1. The van der Waals surface area contributed by atoms with Gasteiger partial charge in [-0.05, 0) is 51.0 Å². The summed E-state index contributed by atoms with van der Waals surface area (Å²) in [6.07, 6.45) is 0.950. The molecule has 0 spiro atoms. The summed E-state index contributed by atoms with van der Waals surface area (Å²) in [6.45, 7) is 9.19. The molecule has 1 amide bonds. The molecule has 0 fully saturated rings. The van der Waals surface area contributed by atoms with Crippen molar-refractivity contribution in [3.8, 4) is 11.8 Å². The minimum absolute atomic E-state index is 0.0707. The molecule has 0 saturated carbocycles. The fourth-order valence-electron chi connectivity index (χ4n) is 2.17. The van der Waals surface area contributed by atoms with Gasteiger partial charge in [0.05, 0.1) is 6.54 Å². The van der Waals surface area contributed by atoms with Gasteiger partial charge in [-0.3, -0.25) is 4.79 Å². The molecule has 1 aromatic carbocycles. The van der Waals surface area contributed by atoms with Crippen molar-refractivity contribution in [2.24, 2.45) is 5.73 Å². The summed E-state index contributed by atoms with van der Waals surface area (Å²) < 4.78 is 0. The second-order valence-electron chi connectivity index (χ2n) is 4.94. The van der Waals surface area contributed by atoms with Crippen LogP contribution in [0.5, 0.6) is 0 Å². The number of aryl methyl sites for hydroxylation is 1. The monoisotopic (exact) mass is 272 g/mol. The summed E-state index contributed by atoms with van der Waals surface area (Å²) in [7, 11) is 0. The van der Waals surface area contributed by atoms with Gasteiger partial charge >= 0.3 is 0 Å². The van der Waals surface area contributed by atoms with Gasteiger partial charge in [-0.25, -0.2) is 0 Å². The quantitative estimate of drug-likeness (QED) is 0.856. The molecule has 3 nitrogen and oxygen atoms in total. The Morgan fingerprint density at radius 1 is 1.35 bits per heavy atom. The van der Waals surface area contributed by atoms with E-state index < -0.39 is 0 Å². The zero-order chi connectivity index (χ0) is 15.1. The maximum absolute atomic E-state index is 12.6. The highest BCUT2D eigenvalue weighted by molar-refractivity contribution is 5.95. The molecule has 0 aliphatic rings. The van der Waals surface area contributed by atoms with Crippen LogP contribution < -0.4 is 5.73 Å². The Balaban J connectivity index is 3.11. The van der Waals surface area contributed by atoms with Crippen LogP contribution in [0.2, 0.25) is 0 Å².